The smallest absolute Gasteiger partial charge is 0.0887 e. The number of nitriles is 1. The zero-order valence-electron chi connectivity index (χ0n) is 7.13. The van der Waals surface area contributed by atoms with Crippen molar-refractivity contribution in [2.75, 3.05) is 0 Å². The Morgan fingerprint density at radius 2 is 2.46 bits per heavy atom. The fourth-order valence-electron chi connectivity index (χ4n) is 1.76. The molecule has 1 atom stereocenters. The van der Waals surface area contributed by atoms with Crippen LogP contribution in [-0.4, -0.2) is 4.98 Å². The van der Waals surface area contributed by atoms with E-state index in [0.29, 0.717) is 0 Å². The van der Waals surface area contributed by atoms with E-state index in [1.165, 1.54) is 5.56 Å². The standard InChI is InChI=1S/C10H9BrN2/c11-9-4-7-2-1-3-8(5-12)10(7)13-6-9/h4,6,8H,1-3H2. The number of nitrogens with zero attached hydrogens (tertiary/aromatic N) is 2. The van der Waals surface area contributed by atoms with Crippen LogP contribution in [0.4, 0.5) is 0 Å². The number of halogens is 1. The topological polar surface area (TPSA) is 36.7 Å². The summed E-state index contributed by atoms with van der Waals surface area (Å²) < 4.78 is 1.00. The van der Waals surface area contributed by atoms with E-state index in [1.54, 1.807) is 6.20 Å². The molecule has 0 saturated carbocycles. The first kappa shape index (κ1) is 8.71. The predicted octanol–water partition coefficient (Wildman–Crippen LogP) is 2.79. The van der Waals surface area contributed by atoms with Gasteiger partial charge in [-0.15, -0.1) is 0 Å². The highest BCUT2D eigenvalue weighted by atomic mass is 79.9. The molecule has 0 amide bonds. The maximum atomic E-state index is 8.91. The van der Waals surface area contributed by atoms with E-state index in [-0.39, 0.29) is 5.92 Å². The number of aryl methyl sites for hydroxylation is 1. The number of fused-ring (bicyclic) bond motifs is 1. The zero-order valence-corrected chi connectivity index (χ0v) is 8.71. The van der Waals surface area contributed by atoms with Crippen molar-refractivity contribution < 1.29 is 0 Å². The second kappa shape index (κ2) is 3.47. The molecule has 1 heterocycles. The molecule has 0 saturated heterocycles. The lowest BCUT2D eigenvalue weighted by atomic mass is 9.88. The molecule has 2 nitrogen and oxygen atoms in total. The number of hydrogen-bond acceptors (Lipinski definition) is 2. The molecule has 66 valence electrons. The lowest BCUT2D eigenvalue weighted by Gasteiger charge is -2.18. The fourth-order valence-corrected chi connectivity index (χ4v) is 2.14. The van der Waals surface area contributed by atoms with Crippen LogP contribution in [0.3, 0.4) is 0 Å². The second-order valence-corrected chi connectivity index (χ2v) is 4.19. The summed E-state index contributed by atoms with van der Waals surface area (Å²) in [5.41, 5.74) is 2.21. The van der Waals surface area contributed by atoms with E-state index in [1.807, 2.05) is 0 Å². The van der Waals surface area contributed by atoms with E-state index < -0.39 is 0 Å². The summed E-state index contributed by atoms with van der Waals surface area (Å²) in [6.07, 6.45) is 4.88. The van der Waals surface area contributed by atoms with Crippen molar-refractivity contribution in [2.45, 2.75) is 25.2 Å². The van der Waals surface area contributed by atoms with Crippen LogP contribution in [0.2, 0.25) is 0 Å². The Hall–Kier alpha value is -0.880. The van der Waals surface area contributed by atoms with Crippen molar-refractivity contribution in [3.8, 4) is 6.07 Å². The molecule has 13 heavy (non-hydrogen) atoms. The normalized spacial score (nSPS) is 20.5. The van der Waals surface area contributed by atoms with Crippen LogP contribution in [-0.2, 0) is 6.42 Å². The number of rotatable bonds is 0. The Morgan fingerprint density at radius 3 is 3.23 bits per heavy atom. The minimum absolute atomic E-state index is 0.0110. The highest BCUT2D eigenvalue weighted by Gasteiger charge is 2.20. The van der Waals surface area contributed by atoms with Crippen LogP contribution in [0.25, 0.3) is 0 Å². The van der Waals surface area contributed by atoms with Gasteiger partial charge >= 0.3 is 0 Å². The van der Waals surface area contributed by atoms with Crippen LogP contribution in [0.1, 0.15) is 30.0 Å². The van der Waals surface area contributed by atoms with Gasteiger partial charge in [0.15, 0.2) is 0 Å². The molecule has 1 aliphatic rings. The monoisotopic (exact) mass is 236 g/mol. The van der Waals surface area contributed by atoms with Crippen molar-refractivity contribution in [3.05, 3.63) is 28.0 Å². The number of aromatic nitrogens is 1. The third-order valence-corrected chi connectivity index (χ3v) is 2.83. The van der Waals surface area contributed by atoms with Crippen molar-refractivity contribution in [3.63, 3.8) is 0 Å². The Bertz CT molecular complexity index is 368. The molecule has 0 aromatic carbocycles. The van der Waals surface area contributed by atoms with Gasteiger partial charge in [0.2, 0.25) is 0 Å². The predicted molar refractivity (Wildman–Crippen MR) is 53.2 cm³/mol. The van der Waals surface area contributed by atoms with Gasteiger partial charge in [0.05, 0.1) is 17.7 Å². The van der Waals surface area contributed by atoms with E-state index in [2.05, 4.69) is 33.0 Å². The summed E-state index contributed by atoms with van der Waals surface area (Å²) in [5.74, 6) is 0.0110. The summed E-state index contributed by atoms with van der Waals surface area (Å²) in [5, 5.41) is 8.91. The molecule has 0 N–H and O–H groups in total. The quantitative estimate of drug-likeness (QED) is 0.695. The third-order valence-electron chi connectivity index (χ3n) is 2.39. The first-order valence-electron chi connectivity index (χ1n) is 4.35. The van der Waals surface area contributed by atoms with Crippen molar-refractivity contribution in [1.29, 1.82) is 5.26 Å². The Labute approximate surface area is 85.7 Å². The van der Waals surface area contributed by atoms with Crippen molar-refractivity contribution >= 4 is 15.9 Å². The number of hydrogen-bond donors (Lipinski definition) is 0. The molecule has 1 unspecified atom stereocenters. The van der Waals surface area contributed by atoms with Gasteiger partial charge in [-0.1, -0.05) is 0 Å². The first-order chi connectivity index (χ1) is 6.31. The molecule has 1 aliphatic carbocycles. The fraction of sp³-hybridized carbons (Fsp3) is 0.400. The van der Waals surface area contributed by atoms with E-state index >= 15 is 0 Å². The molecular formula is C10H9BrN2. The van der Waals surface area contributed by atoms with Gasteiger partial charge in [-0.3, -0.25) is 4.98 Å². The summed E-state index contributed by atoms with van der Waals surface area (Å²) in [7, 11) is 0. The van der Waals surface area contributed by atoms with E-state index in [9.17, 15) is 0 Å². The van der Waals surface area contributed by atoms with Gasteiger partial charge in [0, 0.05) is 10.7 Å². The molecular weight excluding hydrogens is 228 g/mol. The highest BCUT2D eigenvalue weighted by molar-refractivity contribution is 9.10. The van der Waals surface area contributed by atoms with Crippen molar-refractivity contribution in [2.24, 2.45) is 0 Å². The van der Waals surface area contributed by atoms with Crippen LogP contribution in [0.5, 0.6) is 0 Å². The van der Waals surface area contributed by atoms with Gasteiger partial charge in [-0.25, -0.2) is 0 Å². The average molecular weight is 237 g/mol. The molecule has 0 bridgehead atoms. The molecule has 0 aliphatic heterocycles. The van der Waals surface area contributed by atoms with E-state index in [4.69, 9.17) is 5.26 Å². The highest BCUT2D eigenvalue weighted by Crippen LogP contribution is 2.30. The lowest BCUT2D eigenvalue weighted by molar-refractivity contribution is 0.618. The molecule has 0 spiro atoms. The van der Waals surface area contributed by atoms with Gasteiger partial charge in [-0.2, -0.15) is 5.26 Å². The molecule has 1 aromatic rings. The first-order valence-corrected chi connectivity index (χ1v) is 5.14. The minimum Gasteiger partial charge on any atom is -0.258 e. The molecule has 0 radical (unpaired) electrons. The molecule has 1 aromatic heterocycles. The van der Waals surface area contributed by atoms with Gasteiger partial charge in [0.25, 0.3) is 0 Å². The van der Waals surface area contributed by atoms with E-state index in [0.717, 1.165) is 29.4 Å². The molecule has 2 rings (SSSR count). The third kappa shape index (κ3) is 1.59. The summed E-state index contributed by atoms with van der Waals surface area (Å²) >= 11 is 3.39. The van der Waals surface area contributed by atoms with Crippen LogP contribution in [0.15, 0.2) is 16.7 Å². The average Bonchev–Trinajstić information content (AvgIpc) is 2.16. The lowest BCUT2D eigenvalue weighted by Crippen LogP contribution is -2.10. The Balaban J connectivity index is 2.47. The SMILES string of the molecule is N#CC1CCCc2cc(Br)cnc21. The van der Waals surface area contributed by atoms with Crippen molar-refractivity contribution in [1.82, 2.24) is 4.98 Å². The minimum atomic E-state index is 0.0110. The Kier molecular flexibility index (Phi) is 2.32. The van der Waals surface area contributed by atoms with Crippen LogP contribution < -0.4 is 0 Å². The van der Waals surface area contributed by atoms with Gasteiger partial charge < -0.3 is 0 Å². The molecule has 0 fully saturated rings. The largest absolute Gasteiger partial charge is 0.258 e. The zero-order chi connectivity index (χ0) is 9.26. The molecule has 3 heteroatoms. The second-order valence-electron chi connectivity index (χ2n) is 3.27. The van der Waals surface area contributed by atoms with Crippen LogP contribution >= 0.6 is 15.9 Å². The summed E-state index contributed by atoms with van der Waals surface area (Å²) in [6.45, 7) is 0. The number of pyridine rings is 1. The van der Waals surface area contributed by atoms with Crippen LogP contribution in [0, 0.1) is 11.3 Å². The maximum Gasteiger partial charge on any atom is 0.0887 e. The maximum absolute atomic E-state index is 8.91. The summed E-state index contributed by atoms with van der Waals surface area (Å²) in [4.78, 5) is 4.30. The Morgan fingerprint density at radius 1 is 1.62 bits per heavy atom. The van der Waals surface area contributed by atoms with Gasteiger partial charge in [0.1, 0.15) is 0 Å². The van der Waals surface area contributed by atoms with Gasteiger partial charge in [-0.05, 0) is 46.8 Å². The summed E-state index contributed by atoms with van der Waals surface area (Å²) in [6, 6.07) is 4.38.